The van der Waals surface area contributed by atoms with E-state index in [1.807, 2.05) is 0 Å². The molecule has 8 heteroatoms. The Morgan fingerprint density at radius 1 is 1.22 bits per heavy atom. The van der Waals surface area contributed by atoms with Crippen LogP contribution in [-0.4, -0.2) is 29.9 Å². The molecule has 0 aliphatic rings. The van der Waals surface area contributed by atoms with E-state index in [4.69, 9.17) is 9.05 Å². The molecule has 126 valence electrons. The number of fused-ring (bicyclic) bond motifs is 1. The number of para-hydroxylation sites is 1. The van der Waals surface area contributed by atoms with E-state index in [-0.39, 0.29) is 29.4 Å². The Labute approximate surface area is 137 Å². The summed E-state index contributed by atoms with van der Waals surface area (Å²) in [6, 6.07) is 6.84. The number of pyridine rings is 1. The van der Waals surface area contributed by atoms with Crippen LogP contribution in [0.5, 0.6) is 5.75 Å². The van der Waals surface area contributed by atoms with Gasteiger partial charge in [0.2, 0.25) is 10.4 Å². The van der Waals surface area contributed by atoms with E-state index in [2.05, 4.69) is 4.98 Å². The highest BCUT2D eigenvalue weighted by Crippen LogP contribution is 2.50. The first-order valence-corrected chi connectivity index (χ1v) is 10.8. The monoisotopic (exact) mass is 357 g/mol. The summed E-state index contributed by atoms with van der Waals surface area (Å²) < 4.78 is 23.1. The highest BCUT2D eigenvalue weighted by Gasteiger charge is 2.36. The van der Waals surface area contributed by atoms with Gasteiger partial charge in [-0.2, -0.15) is 0 Å². The molecule has 1 N–H and O–H groups in total. The number of hydrogen-bond acceptors (Lipinski definition) is 5. The Morgan fingerprint density at radius 3 is 2.43 bits per heavy atom. The molecule has 0 radical (unpaired) electrons. The zero-order chi connectivity index (χ0) is 17.0. The van der Waals surface area contributed by atoms with Crippen molar-refractivity contribution in [3.05, 3.63) is 34.6 Å². The molecule has 6 nitrogen and oxygen atoms in total. The third-order valence-corrected chi connectivity index (χ3v) is 8.37. The molecule has 0 amide bonds. The Bertz CT molecular complexity index is 781. The normalized spacial score (nSPS) is 13.3. The summed E-state index contributed by atoms with van der Waals surface area (Å²) >= 11 is 0. The largest absolute Gasteiger partial charge is 0.868 e. The van der Waals surface area contributed by atoms with Gasteiger partial charge in [0.1, 0.15) is 6.26 Å². The van der Waals surface area contributed by atoms with Gasteiger partial charge in [-0.15, -0.1) is 0 Å². The Morgan fingerprint density at radius 2 is 1.83 bits per heavy atom. The summed E-state index contributed by atoms with van der Waals surface area (Å²) in [4.78, 5) is 15.1. The van der Waals surface area contributed by atoms with Gasteiger partial charge in [-0.05, 0) is 31.0 Å². The van der Waals surface area contributed by atoms with E-state index in [1.54, 1.807) is 44.4 Å². The average Bonchev–Trinajstić information content (AvgIpc) is 2.47. The van der Waals surface area contributed by atoms with Gasteiger partial charge >= 0.3 is 13.2 Å². The molecule has 1 unspecified atom stereocenters. The molecule has 0 fully saturated rings. The van der Waals surface area contributed by atoms with Gasteiger partial charge in [0.15, 0.2) is 0 Å². The fourth-order valence-electron chi connectivity index (χ4n) is 2.32. The molecule has 2 rings (SSSR count). The number of benzene rings is 1. The zero-order valence-electron chi connectivity index (χ0n) is 13.3. The molecule has 0 spiro atoms. The second kappa shape index (κ2) is 7.53. The van der Waals surface area contributed by atoms with E-state index in [0.29, 0.717) is 10.9 Å². The van der Waals surface area contributed by atoms with Crippen molar-refractivity contribution in [1.29, 1.82) is 0 Å². The van der Waals surface area contributed by atoms with Crippen LogP contribution in [0.4, 0.5) is 0 Å². The summed E-state index contributed by atoms with van der Waals surface area (Å²) in [5.41, 5.74) is 0.0749. The second-order valence-electron chi connectivity index (χ2n) is 4.87. The van der Waals surface area contributed by atoms with Crippen LogP contribution in [0.25, 0.3) is 10.9 Å². The predicted octanol–water partition coefficient (Wildman–Crippen LogP) is 2.43. The SMILES string of the molecule is CCOP(=O)(C[S+](C)c1c([O-])c2ccccc2[nH]c1=O)OCC. The Balaban J connectivity index is 2.43. The lowest BCUT2D eigenvalue weighted by Crippen LogP contribution is -2.23. The highest BCUT2D eigenvalue weighted by atomic mass is 32.2. The molecular weight excluding hydrogens is 337 g/mol. The molecule has 0 saturated heterocycles. The third kappa shape index (κ3) is 3.98. The van der Waals surface area contributed by atoms with Crippen LogP contribution in [-0.2, 0) is 24.5 Å². The maximum Gasteiger partial charge on any atom is 0.379 e. The lowest BCUT2D eigenvalue weighted by Gasteiger charge is -2.18. The fourth-order valence-corrected chi connectivity index (χ4v) is 6.98. The number of aromatic nitrogens is 1. The number of nitrogens with one attached hydrogen (secondary N) is 1. The maximum absolute atomic E-state index is 12.6. The highest BCUT2D eigenvalue weighted by molar-refractivity contribution is 8.01. The first kappa shape index (κ1) is 18.1. The van der Waals surface area contributed by atoms with Gasteiger partial charge in [-0.1, -0.05) is 18.2 Å². The summed E-state index contributed by atoms with van der Waals surface area (Å²) in [6.45, 7) is 3.93. The summed E-state index contributed by atoms with van der Waals surface area (Å²) in [6.07, 6.45) is 1.71. The van der Waals surface area contributed by atoms with Gasteiger partial charge in [0.05, 0.1) is 13.2 Å². The molecule has 0 bridgehead atoms. The van der Waals surface area contributed by atoms with E-state index in [0.717, 1.165) is 0 Å². The zero-order valence-corrected chi connectivity index (χ0v) is 15.0. The quantitative estimate of drug-likeness (QED) is 0.607. The lowest BCUT2D eigenvalue weighted by atomic mass is 10.2. The van der Waals surface area contributed by atoms with Gasteiger partial charge in [-0.3, -0.25) is 9.36 Å². The van der Waals surface area contributed by atoms with Crippen LogP contribution in [0.3, 0.4) is 0 Å². The van der Waals surface area contributed by atoms with Gasteiger partial charge in [0.25, 0.3) is 0 Å². The van der Waals surface area contributed by atoms with Crippen molar-refractivity contribution >= 4 is 29.4 Å². The predicted molar refractivity (Wildman–Crippen MR) is 91.3 cm³/mol. The molecule has 1 atom stereocenters. The van der Waals surface area contributed by atoms with Gasteiger partial charge < -0.3 is 19.1 Å². The molecule has 1 heterocycles. The van der Waals surface area contributed by atoms with Gasteiger partial charge in [-0.25, -0.2) is 0 Å². The first-order valence-electron chi connectivity index (χ1n) is 7.24. The summed E-state index contributed by atoms with van der Waals surface area (Å²) in [5, 5.41) is 13.1. The molecule has 2 aromatic rings. The topological polar surface area (TPSA) is 91.5 Å². The minimum absolute atomic E-state index is 0.0192. The molecular formula is C15H20NO5PS. The summed E-state index contributed by atoms with van der Waals surface area (Å²) in [7, 11) is -4.17. The minimum Gasteiger partial charge on any atom is -0.868 e. The van der Waals surface area contributed by atoms with E-state index in [9.17, 15) is 14.5 Å². The van der Waals surface area contributed by atoms with Crippen molar-refractivity contribution in [2.24, 2.45) is 0 Å². The van der Waals surface area contributed by atoms with Crippen molar-refractivity contribution in [2.45, 2.75) is 18.7 Å². The van der Waals surface area contributed by atoms with Crippen LogP contribution in [0, 0.1) is 0 Å². The smallest absolute Gasteiger partial charge is 0.379 e. The molecule has 0 saturated carbocycles. The van der Waals surface area contributed by atoms with Crippen LogP contribution >= 0.6 is 7.60 Å². The van der Waals surface area contributed by atoms with Crippen LogP contribution in [0.1, 0.15) is 13.8 Å². The van der Waals surface area contributed by atoms with Crippen LogP contribution in [0.2, 0.25) is 0 Å². The third-order valence-electron chi connectivity index (χ3n) is 3.18. The maximum atomic E-state index is 12.6. The second-order valence-corrected chi connectivity index (χ2v) is 9.32. The molecule has 1 aromatic carbocycles. The number of hydrogen-bond donors (Lipinski definition) is 1. The Hall–Kier alpha value is -1.27. The first-order chi connectivity index (χ1) is 10.9. The van der Waals surface area contributed by atoms with Crippen molar-refractivity contribution < 1.29 is 18.7 Å². The van der Waals surface area contributed by atoms with E-state index in [1.165, 1.54) is 0 Å². The Kier molecular flexibility index (Phi) is 5.92. The number of aromatic amines is 1. The van der Waals surface area contributed by atoms with Crippen LogP contribution < -0.4 is 10.7 Å². The van der Waals surface area contributed by atoms with Crippen molar-refractivity contribution in [1.82, 2.24) is 4.98 Å². The van der Waals surface area contributed by atoms with Crippen LogP contribution in [0.15, 0.2) is 34.0 Å². The number of rotatable bonds is 7. The number of H-pyrrole nitrogens is 1. The average molecular weight is 357 g/mol. The van der Waals surface area contributed by atoms with E-state index < -0.39 is 24.1 Å². The fraction of sp³-hybridized carbons (Fsp3) is 0.400. The van der Waals surface area contributed by atoms with Crippen molar-refractivity contribution in [3.8, 4) is 5.75 Å². The molecule has 23 heavy (non-hydrogen) atoms. The minimum atomic E-state index is -3.32. The van der Waals surface area contributed by atoms with Crippen molar-refractivity contribution in [2.75, 3.05) is 25.0 Å². The lowest BCUT2D eigenvalue weighted by molar-refractivity contribution is -0.270. The molecule has 1 aromatic heterocycles. The van der Waals surface area contributed by atoms with E-state index >= 15 is 0 Å². The van der Waals surface area contributed by atoms with Crippen molar-refractivity contribution in [3.63, 3.8) is 0 Å². The standard InChI is InChI=1S/C15H20NO5PS/c1-4-20-22(19,21-5-2)10-23(3)14-13(17)11-8-6-7-9-12(11)16-15(14)18/h6-9H,4-5,10H2,1-3H3,(H-,16,17,18). The summed E-state index contributed by atoms with van der Waals surface area (Å²) in [5.74, 6) is -0.324. The molecule has 0 aliphatic carbocycles. The van der Waals surface area contributed by atoms with Gasteiger partial charge in [0, 0.05) is 16.4 Å². The molecule has 0 aliphatic heterocycles.